The van der Waals surface area contributed by atoms with Gasteiger partial charge in [0.05, 0.1) is 11.5 Å². The summed E-state index contributed by atoms with van der Waals surface area (Å²) >= 11 is 0. The summed E-state index contributed by atoms with van der Waals surface area (Å²) in [6.07, 6.45) is 0.956. The minimum Gasteiger partial charge on any atom is -0.395 e. The van der Waals surface area contributed by atoms with E-state index in [4.69, 9.17) is 10.8 Å². The van der Waals surface area contributed by atoms with Gasteiger partial charge in [-0.25, -0.2) is 13.4 Å². The van der Waals surface area contributed by atoms with Crippen LogP contribution < -0.4 is 5.73 Å². The zero-order valence-corrected chi connectivity index (χ0v) is 11.0. The summed E-state index contributed by atoms with van der Waals surface area (Å²) < 4.78 is 25.3. The lowest BCUT2D eigenvalue weighted by molar-refractivity contribution is -0.384. The molecule has 0 aliphatic rings. The average molecular weight is 290 g/mol. The molecule has 106 valence electrons. The van der Waals surface area contributed by atoms with Gasteiger partial charge in [-0.3, -0.25) is 10.1 Å². The average Bonchev–Trinajstić information content (AvgIpc) is 2.35. The number of aliphatic hydroxyl groups excluding tert-OH is 1. The van der Waals surface area contributed by atoms with Gasteiger partial charge in [-0.2, -0.15) is 4.31 Å². The lowest BCUT2D eigenvalue weighted by atomic mass is 10.4. The molecule has 10 heteroatoms. The van der Waals surface area contributed by atoms with Crippen molar-refractivity contribution < 1.29 is 18.4 Å². The largest absolute Gasteiger partial charge is 0.395 e. The molecular formula is C9H14N4O5S. The molecule has 0 spiro atoms. The van der Waals surface area contributed by atoms with Gasteiger partial charge in [0.2, 0.25) is 15.8 Å². The fraction of sp³-hybridized carbons (Fsp3) is 0.444. The number of hydrogen-bond acceptors (Lipinski definition) is 7. The van der Waals surface area contributed by atoms with Gasteiger partial charge >= 0.3 is 5.69 Å². The van der Waals surface area contributed by atoms with Crippen LogP contribution in [0.3, 0.4) is 0 Å². The highest BCUT2D eigenvalue weighted by atomic mass is 32.2. The maximum absolute atomic E-state index is 12.2. The van der Waals surface area contributed by atoms with Crippen LogP contribution in [0.2, 0.25) is 0 Å². The van der Waals surface area contributed by atoms with E-state index in [9.17, 15) is 18.5 Å². The Bertz CT molecular complexity index is 574. The molecule has 0 saturated heterocycles. The topological polar surface area (TPSA) is 140 Å². The number of nitrogens with zero attached hydrogens (tertiary/aromatic N) is 3. The van der Waals surface area contributed by atoms with E-state index in [0.717, 1.165) is 16.6 Å². The molecule has 0 fully saturated rings. The van der Waals surface area contributed by atoms with Crippen LogP contribution in [0.4, 0.5) is 11.5 Å². The molecule has 0 atom stereocenters. The van der Waals surface area contributed by atoms with Crippen molar-refractivity contribution in [1.29, 1.82) is 0 Å². The van der Waals surface area contributed by atoms with Crippen molar-refractivity contribution in [3.05, 3.63) is 22.4 Å². The zero-order valence-electron chi connectivity index (χ0n) is 10.2. The number of nitrogen functional groups attached to an aromatic ring is 1. The summed E-state index contributed by atoms with van der Waals surface area (Å²) in [4.78, 5) is 13.1. The molecule has 0 saturated carbocycles. The second kappa shape index (κ2) is 5.91. The Balaban J connectivity index is 3.29. The molecular weight excluding hydrogens is 276 g/mol. The van der Waals surface area contributed by atoms with Crippen LogP contribution in [0.25, 0.3) is 0 Å². The van der Waals surface area contributed by atoms with Crippen molar-refractivity contribution >= 4 is 21.5 Å². The summed E-state index contributed by atoms with van der Waals surface area (Å²) in [5.74, 6) is -0.353. The van der Waals surface area contributed by atoms with Crippen LogP contribution in [0, 0.1) is 10.1 Å². The van der Waals surface area contributed by atoms with E-state index >= 15 is 0 Å². The van der Waals surface area contributed by atoms with Crippen LogP contribution in [0.15, 0.2) is 17.2 Å². The predicted molar refractivity (Wildman–Crippen MR) is 66.8 cm³/mol. The lowest BCUT2D eigenvalue weighted by Crippen LogP contribution is -2.33. The molecule has 1 aromatic heterocycles. The molecule has 0 aromatic carbocycles. The van der Waals surface area contributed by atoms with Crippen molar-refractivity contribution in [3.8, 4) is 0 Å². The standard InChI is InChI=1S/C9H14N4O5S/c1-2-12(3-4-14)19(17,18)7-5-8(13(15)16)9(10)11-6-7/h5-6,14H,2-4H2,1H3,(H2,10,11). The van der Waals surface area contributed by atoms with Crippen molar-refractivity contribution in [1.82, 2.24) is 9.29 Å². The molecule has 19 heavy (non-hydrogen) atoms. The number of nitro groups is 1. The maximum Gasteiger partial charge on any atom is 0.312 e. The molecule has 1 aromatic rings. The number of anilines is 1. The first-order chi connectivity index (χ1) is 8.84. The van der Waals surface area contributed by atoms with E-state index in [1.54, 1.807) is 6.92 Å². The van der Waals surface area contributed by atoms with E-state index in [-0.39, 0.29) is 30.4 Å². The molecule has 0 unspecified atom stereocenters. The fourth-order valence-electron chi connectivity index (χ4n) is 1.44. The van der Waals surface area contributed by atoms with E-state index in [2.05, 4.69) is 4.98 Å². The Hall–Kier alpha value is -1.78. The number of rotatable bonds is 6. The van der Waals surface area contributed by atoms with Gasteiger partial charge in [0.1, 0.15) is 4.90 Å². The summed E-state index contributed by atoms with van der Waals surface area (Å²) in [6, 6.07) is 0.859. The normalized spacial score (nSPS) is 11.7. The van der Waals surface area contributed by atoms with E-state index in [1.807, 2.05) is 0 Å². The highest BCUT2D eigenvalue weighted by Gasteiger charge is 2.26. The lowest BCUT2D eigenvalue weighted by Gasteiger charge is -2.18. The van der Waals surface area contributed by atoms with E-state index in [1.165, 1.54) is 0 Å². The van der Waals surface area contributed by atoms with Crippen molar-refractivity contribution in [2.24, 2.45) is 0 Å². The molecule has 0 amide bonds. The molecule has 1 rings (SSSR count). The van der Waals surface area contributed by atoms with Crippen LogP contribution in [-0.2, 0) is 10.0 Å². The maximum atomic E-state index is 12.2. The molecule has 0 aliphatic heterocycles. The van der Waals surface area contributed by atoms with Crippen molar-refractivity contribution in [3.63, 3.8) is 0 Å². The molecule has 9 nitrogen and oxygen atoms in total. The van der Waals surface area contributed by atoms with E-state index in [0.29, 0.717) is 0 Å². The second-order valence-corrected chi connectivity index (χ2v) is 5.49. The number of sulfonamides is 1. The quantitative estimate of drug-likeness (QED) is 0.535. The van der Waals surface area contributed by atoms with Crippen molar-refractivity contribution in [2.75, 3.05) is 25.4 Å². The van der Waals surface area contributed by atoms with Crippen LogP contribution in [-0.4, -0.2) is 47.4 Å². The second-order valence-electron chi connectivity index (χ2n) is 3.55. The Morgan fingerprint density at radius 1 is 1.58 bits per heavy atom. The number of aliphatic hydroxyl groups is 1. The molecule has 0 radical (unpaired) electrons. The predicted octanol–water partition coefficient (Wildman–Crippen LogP) is -0.425. The van der Waals surface area contributed by atoms with Crippen LogP contribution in [0.5, 0.6) is 0 Å². The number of nitrogens with two attached hydrogens (primary N) is 1. The van der Waals surface area contributed by atoms with Gasteiger partial charge in [-0.05, 0) is 0 Å². The van der Waals surface area contributed by atoms with Gasteiger partial charge in [0.25, 0.3) is 0 Å². The number of hydrogen-bond donors (Lipinski definition) is 2. The summed E-state index contributed by atoms with van der Waals surface area (Å²) in [7, 11) is -3.94. The highest BCUT2D eigenvalue weighted by molar-refractivity contribution is 7.89. The molecule has 3 N–H and O–H groups in total. The Labute approximate surface area is 109 Å². The van der Waals surface area contributed by atoms with Crippen LogP contribution in [0.1, 0.15) is 6.92 Å². The van der Waals surface area contributed by atoms with Crippen LogP contribution >= 0.6 is 0 Å². The van der Waals surface area contributed by atoms with Gasteiger partial charge in [0, 0.05) is 25.4 Å². The number of aromatic nitrogens is 1. The highest BCUT2D eigenvalue weighted by Crippen LogP contribution is 2.24. The van der Waals surface area contributed by atoms with Gasteiger partial charge < -0.3 is 10.8 Å². The van der Waals surface area contributed by atoms with Gasteiger partial charge in [0.15, 0.2) is 0 Å². The third kappa shape index (κ3) is 3.16. The Morgan fingerprint density at radius 2 is 2.21 bits per heavy atom. The smallest absolute Gasteiger partial charge is 0.312 e. The molecule has 0 aliphatic carbocycles. The van der Waals surface area contributed by atoms with Gasteiger partial charge in [-0.15, -0.1) is 0 Å². The fourth-order valence-corrected chi connectivity index (χ4v) is 2.85. The summed E-state index contributed by atoms with van der Waals surface area (Å²) in [6.45, 7) is 1.27. The molecule has 0 bridgehead atoms. The number of pyridine rings is 1. The first-order valence-electron chi connectivity index (χ1n) is 5.35. The molecule has 1 heterocycles. The minimum atomic E-state index is -3.94. The zero-order chi connectivity index (χ0) is 14.6. The van der Waals surface area contributed by atoms with Crippen molar-refractivity contribution in [2.45, 2.75) is 11.8 Å². The minimum absolute atomic E-state index is 0.100. The first-order valence-corrected chi connectivity index (χ1v) is 6.79. The van der Waals surface area contributed by atoms with E-state index < -0.39 is 20.6 Å². The number of likely N-dealkylation sites (N-methyl/N-ethyl adjacent to an activating group) is 1. The summed E-state index contributed by atoms with van der Waals surface area (Å²) in [5, 5.41) is 19.5. The Kier molecular flexibility index (Phi) is 4.75. The van der Waals surface area contributed by atoms with Gasteiger partial charge in [-0.1, -0.05) is 6.92 Å². The first kappa shape index (κ1) is 15.3. The Morgan fingerprint density at radius 3 is 2.68 bits per heavy atom. The third-order valence-corrected chi connectivity index (χ3v) is 4.35. The third-order valence-electron chi connectivity index (χ3n) is 2.41. The monoisotopic (exact) mass is 290 g/mol. The SMILES string of the molecule is CCN(CCO)S(=O)(=O)c1cnc(N)c([N+](=O)[O-])c1. The summed E-state index contributed by atoms with van der Waals surface area (Å²) in [5.41, 5.74) is 4.73.